The summed E-state index contributed by atoms with van der Waals surface area (Å²) in [6.07, 6.45) is 0.916. The molecule has 0 aliphatic carbocycles. The van der Waals surface area contributed by atoms with Crippen molar-refractivity contribution in [1.82, 2.24) is 9.55 Å². The lowest BCUT2D eigenvalue weighted by Gasteiger charge is -2.06. The second-order valence-corrected chi connectivity index (χ2v) is 5.52. The van der Waals surface area contributed by atoms with Gasteiger partial charge in [0.15, 0.2) is 4.77 Å². The van der Waals surface area contributed by atoms with Gasteiger partial charge >= 0.3 is 0 Å². The van der Waals surface area contributed by atoms with E-state index in [1.807, 2.05) is 12.1 Å². The van der Waals surface area contributed by atoms with Gasteiger partial charge < -0.3 is 9.55 Å². The number of nitrogens with zero attached hydrogens (tertiary/aromatic N) is 2. The van der Waals surface area contributed by atoms with E-state index < -0.39 is 0 Å². The largest absolute Gasteiger partial charge is 0.329 e. The van der Waals surface area contributed by atoms with Crippen LogP contribution in [0.2, 0.25) is 0 Å². The third-order valence-corrected chi connectivity index (χ3v) is 3.96. The van der Waals surface area contributed by atoms with E-state index in [2.05, 4.69) is 46.8 Å². The molecule has 4 heteroatoms. The zero-order chi connectivity index (χ0) is 14.8. The van der Waals surface area contributed by atoms with Crippen LogP contribution in [0.5, 0.6) is 0 Å². The number of benzene rings is 2. The Hall–Kier alpha value is -2.38. The van der Waals surface area contributed by atoms with Crippen molar-refractivity contribution in [2.24, 2.45) is 0 Å². The molecular formula is C17H15N3S. The lowest BCUT2D eigenvalue weighted by Crippen LogP contribution is -2.01. The lowest BCUT2D eigenvalue weighted by atomic mass is 10.1. The molecule has 0 unspecified atom stereocenters. The highest BCUT2D eigenvalue weighted by Crippen LogP contribution is 2.18. The predicted octanol–water partition coefficient (Wildman–Crippen LogP) is 4.12. The van der Waals surface area contributed by atoms with Gasteiger partial charge in [-0.3, -0.25) is 0 Å². The van der Waals surface area contributed by atoms with Gasteiger partial charge in [0.25, 0.3) is 0 Å². The van der Waals surface area contributed by atoms with Gasteiger partial charge in [-0.15, -0.1) is 0 Å². The Kier molecular flexibility index (Phi) is 3.59. The number of hydrogen-bond donors (Lipinski definition) is 1. The summed E-state index contributed by atoms with van der Waals surface area (Å²) in [5, 5.41) is 9.16. The minimum Gasteiger partial charge on any atom is -0.329 e. The molecule has 0 aliphatic rings. The van der Waals surface area contributed by atoms with Crippen molar-refractivity contribution in [3.8, 4) is 6.07 Å². The van der Waals surface area contributed by atoms with Crippen LogP contribution in [-0.2, 0) is 13.0 Å². The summed E-state index contributed by atoms with van der Waals surface area (Å²) in [5.41, 5.74) is 5.01. The SMILES string of the molecule is Cc1cccc(CCn2c(=S)[nH]c3c(C#N)cccc32)c1. The van der Waals surface area contributed by atoms with Gasteiger partial charge in [0.2, 0.25) is 0 Å². The Balaban J connectivity index is 1.96. The highest BCUT2D eigenvalue weighted by molar-refractivity contribution is 7.71. The number of fused-ring (bicyclic) bond motifs is 1. The fourth-order valence-corrected chi connectivity index (χ4v) is 2.90. The van der Waals surface area contributed by atoms with Gasteiger partial charge in [0.1, 0.15) is 6.07 Å². The Labute approximate surface area is 128 Å². The van der Waals surface area contributed by atoms with Gasteiger partial charge in [-0.1, -0.05) is 35.9 Å². The molecule has 21 heavy (non-hydrogen) atoms. The Morgan fingerprint density at radius 2 is 2.05 bits per heavy atom. The molecule has 0 saturated carbocycles. The minimum atomic E-state index is 0.632. The fourth-order valence-electron chi connectivity index (χ4n) is 2.60. The molecule has 0 fully saturated rings. The Morgan fingerprint density at radius 1 is 1.24 bits per heavy atom. The number of nitriles is 1. The molecule has 0 amide bonds. The minimum absolute atomic E-state index is 0.632. The first-order valence-electron chi connectivity index (χ1n) is 6.86. The summed E-state index contributed by atoms with van der Waals surface area (Å²) in [5.74, 6) is 0. The smallest absolute Gasteiger partial charge is 0.178 e. The Bertz CT molecular complexity index is 896. The third-order valence-electron chi connectivity index (χ3n) is 3.64. The summed E-state index contributed by atoms with van der Waals surface area (Å²) in [6, 6.07) is 16.4. The number of aromatic nitrogens is 2. The molecule has 3 rings (SSSR count). The zero-order valence-electron chi connectivity index (χ0n) is 11.8. The molecule has 1 aromatic heterocycles. The number of aromatic amines is 1. The molecule has 0 atom stereocenters. The number of imidazole rings is 1. The highest BCUT2D eigenvalue weighted by atomic mass is 32.1. The average molecular weight is 293 g/mol. The van der Waals surface area contributed by atoms with Crippen LogP contribution in [0.15, 0.2) is 42.5 Å². The second-order valence-electron chi connectivity index (χ2n) is 5.13. The molecule has 1 N–H and O–H groups in total. The lowest BCUT2D eigenvalue weighted by molar-refractivity contribution is 0.706. The van der Waals surface area contributed by atoms with E-state index in [-0.39, 0.29) is 0 Å². The van der Waals surface area contributed by atoms with Crippen molar-refractivity contribution in [3.63, 3.8) is 0 Å². The van der Waals surface area contributed by atoms with Crippen LogP contribution >= 0.6 is 12.2 Å². The van der Waals surface area contributed by atoms with E-state index in [0.717, 1.165) is 24.0 Å². The molecule has 0 spiro atoms. The fraction of sp³-hybridized carbons (Fsp3) is 0.176. The maximum atomic E-state index is 9.16. The van der Waals surface area contributed by atoms with E-state index in [0.29, 0.717) is 10.3 Å². The number of para-hydroxylation sites is 1. The van der Waals surface area contributed by atoms with Crippen molar-refractivity contribution >= 4 is 23.3 Å². The van der Waals surface area contributed by atoms with Crippen LogP contribution in [0.3, 0.4) is 0 Å². The van der Waals surface area contributed by atoms with Gasteiger partial charge in [0, 0.05) is 6.54 Å². The van der Waals surface area contributed by atoms with Crippen LogP contribution < -0.4 is 0 Å². The normalized spacial score (nSPS) is 10.7. The molecule has 0 radical (unpaired) electrons. The van der Waals surface area contributed by atoms with Crippen molar-refractivity contribution in [2.75, 3.05) is 0 Å². The summed E-state index contributed by atoms with van der Waals surface area (Å²) < 4.78 is 2.73. The zero-order valence-corrected chi connectivity index (χ0v) is 12.6. The number of nitrogens with one attached hydrogen (secondary N) is 1. The van der Waals surface area contributed by atoms with Crippen molar-refractivity contribution in [1.29, 1.82) is 5.26 Å². The van der Waals surface area contributed by atoms with E-state index in [1.165, 1.54) is 11.1 Å². The van der Waals surface area contributed by atoms with Crippen LogP contribution in [0.4, 0.5) is 0 Å². The van der Waals surface area contributed by atoms with Gasteiger partial charge in [0.05, 0.1) is 16.6 Å². The molecule has 3 nitrogen and oxygen atoms in total. The van der Waals surface area contributed by atoms with E-state index in [1.54, 1.807) is 6.07 Å². The molecule has 104 valence electrons. The molecule has 0 bridgehead atoms. The number of H-pyrrole nitrogens is 1. The third kappa shape index (κ3) is 2.61. The van der Waals surface area contributed by atoms with Gasteiger partial charge in [-0.05, 0) is 43.3 Å². The van der Waals surface area contributed by atoms with E-state index in [4.69, 9.17) is 17.5 Å². The second kappa shape index (κ2) is 5.55. The van der Waals surface area contributed by atoms with E-state index in [9.17, 15) is 0 Å². The Morgan fingerprint density at radius 3 is 2.81 bits per heavy atom. The average Bonchev–Trinajstić information content (AvgIpc) is 2.80. The first kappa shape index (κ1) is 13.6. The first-order chi connectivity index (χ1) is 10.2. The number of aryl methyl sites for hydroxylation is 3. The molecule has 2 aromatic carbocycles. The quantitative estimate of drug-likeness (QED) is 0.738. The maximum absolute atomic E-state index is 9.16. The van der Waals surface area contributed by atoms with Crippen LogP contribution in [-0.4, -0.2) is 9.55 Å². The first-order valence-corrected chi connectivity index (χ1v) is 7.27. The maximum Gasteiger partial charge on any atom is 0.178 e. The standard InChI is InChI=1S/C17H15N3S/c1-12-4-2-5-13(10-12)8-9-20-15-7-3-6-14(11-18)16(15)19-17(20)21/h2-7,10H,8-9H2,1H3,(H,19,21). The summed E-state index contributed by atoms with van der Waals surface area (Å²) >= 11 is 5.40. The molecule has 0 saturated heterocycles. The van der Waals surface area contributed by atoms with Crippen LogP contribution in [0, 0.1) is 23.0 Å². The summed E-state index contributed by atoms with van der Waals surface area (Å²) in [4.78, 5) is 3.15. The molecule has 1 heterocycles. The topological polar surface area (TPSA) is 44.5 Å². The van der Waals surface area contributed by atoms with Gasteiger partial charge in [-0.25, -0.2) is 0 Å². The van der Waals surface area contributed by atoms with Gasteiger partial charge in [-0.2, -0.15) is 5.26 Å². The summed E-state index contributed by atoms with van der Waals surface area (Å²) in [7, 11) is 0. The monoisotopic (exact) mass is 293 g/mol. The number of rotatable bonds is 3. The summed E-state index contributed by atoms with van der Waals surface area (Å²) in [6.45, 7) is 2.90. The molecular weight excluding hydrogens is 278 g/mol. The van der Waals surface area contributed by atoms with Crippen molar-refractivity contribution in [2.45, 2.75) is 19.9 Å². The van der Waals surface area contributed by atoms with Crippen molar-refractivity contribution in [3.05, 3.63) is 63.9 Å². The van der Waals surface area contributed by atoms with Crippen LogP contribution in [0.1, 0.15) is 16.7 Å². The molecule has 3 aromatic rings. The van der Waals surface area contributed by atoms with Crippen LogP contribution in [0.25, 0.3) is 11.0 Å². The number of hydrogen-bond acceptors (Lipinski definition) is 2. The highest BCUT2D eigenvalue weighted by Gasteiger charge is 2.08. The van der Waals surface area contributed by atoms with Crippen molar-refractivity contribution < 1.29 is 0 Å². The molecule has 0 aliphatic heterocycles. The van der Waals surface area contributed by atoms with E-state index >= 15 is 0 Å². The predicted molar refractivity (Wildman–Crippen MR) is 86.7 cm³/mol.